The van der Waals surface area contributed by atoms with Crippen molar-refractivity contribution in [3.05, 3.63) is 18.2 Å². The molecule has 0 spiro atoms. The number of hydrogen-bond acceptors (Lipinski definition) is 4. The van der Waals surface area contributed by atoms with Gasteiger partial charge in [0, 0.05) is 24.3 Å². The second-order valence-corrected chi connectivity index (χ2v) is 7.89. The molecule has 0 fully saturated rings. The Morgan fingerprint density at radius 2 is 1.86 bits per heavy atom. The molecule has 1 heterocycles. The van der Waals surface area contributed by atoms with Crippen molar-refractivity contribution in [3.63, 3.8) is 0 Å². The van der Waals surface area contributed by atoms with E-state index in [1.54, 1.807) is 11.0 Å². The number of hydrogen-bond donors (Lipinski definition) is 0. The monoisotopic (exact) mass is 330 g/mol. The van der Waals surface area contributed by atoms with Gasteiger partial charge in [-0.1, -0.05) is 6.92 Å². The minimum atomic E-state index is -3.82. The van der Waals surface area contributed by atoms with Gasteiger partial charge in [0.2, 0.25) is 0 Å². The van der Waals surface area contributed by atoms with Crippen LogP contribution in [0.15, 0.2) is 23.1 Å². The van der Waals surface area contributed by atoms with Gasteiger partial charge in [-0.15, -0.1) is 0 Å². The van der Waals surface area contributed by atoms with E-state index in [1.807, 2.05) is 32.7 Å². The Kier molecular flexibility index (Phi) is 3.97. The number of fused-ring (bicyclic) bond motifs is 1. The van der Waals surface area contributed by atoms with Gasteiger partial charge in [-0.2, -0.15) is 0 Å². The van der Waals surface area contributed by atoms with Crippen LogP contribution in [-0.2, 0) is 13.8 Å². The van der Waals surface area contributed by atoms with Crippen LogP contribution < -0.4 is 9.80 Å². The minimum absolute atomic E-state index is 0.00247. The summed E-state index contributed by atoms with van der Waals surface area (Å²) in [5.41, 5.74) is 0.771. The van der Waals surface area contributed by atoms with Crippen LogP contribution in [0.1, 0.15) is 27.2 Å². The molecule has 0 aliphatic carbocycles. The van der Waals surface area contributed by atoms with Crippen LogP contribution in [0.5, 0.6) is 0 Å². The molecular weight excluding hydrogens is 312 g/mol. The van der Waals surface area contributed by atoms with E-state index in [0.717, 1.165) is 5.69 Å². The number of carbonyl (C=O) groups excluding carboxylic acids is 1. The lowest BCUT2D eigenvalue weighted by Gasteiger charge is -2.47. The van der Waals surface area contributed by atoms with Gasteiger partial charge >= 0.3 is 0 Å². The summed E-state index contributed by atoms with van der Waals surface area (Å²) < 4.78 is 23.0. The fraction of sp³-hybridized carbons (Fsp3) is 0.500. The van der Waals surface area contributed by atoms with Crippen LogP contribution in [-0.4, -0.2) is 33.5 Å². The fourth-order valence-corrected chi connectivity index (χ4v) is 3.44. The van der Waals surface area contributed by atoms with Crippen LogP contribution in [0, 0.1) is 0 Å². The van der Waals surface area contributed by atoms with Gasteiger partial charge in [0.05, 0.1) is 16.3 Å². The molecule has 5 nitrogen and oxygen atoms in total. The largest absolute Gasteiger partial charge is 0.359 e. The molecule has 1 aliphatic rings. The molecule has 1 aromatic rings. The van der Waals surface area contributed by atoms with Crippen LogP contribution in [0.2, 0.25) is 0 Å². The van der Waals surface area contributed by atoms with E-state index >= 15 is 0 Å². The highest BCUT2D eigenvalue weighted by molar-refractivity contribution is 8.13. The summed E-state index contributed by atoms with van der Waals surface area (Å²) >= 11 is 0. The van der Waals surface area contributed by atoms with Crippen molar-refractivity contribution in [1.82, 2.24) is 0 Å². The lowest BCUT2D eigenvalue weighted by molar-refractivity contribution is -0.123. The highest BCUT2D eigenvalue weighted by Gasteiger charge is 2.44. The van der Waals surface area contributed by atoms with Gasteiger partial charge < -0.3 is 9.80 Å². The van der Waals surface area contributed by atoms with Gasteiger partial charge in [-0.05, 0) is 38.5 Å². The van der Waals surface area contributed by atoms with Gasteiger partial charge in [0.1, 0.15) is 5.54 Å². The van der Waals surface area contributed by atoms with Crippen molar-refractivity contribution in [1.29, 1.82) is 0 Å². The fourth-order valence-electron chi connectivity index (χ4n) is 2.67. The molecular formula is C14H19ClN2O3S. The summed E-state index contributed by atoms with van der Waals surface area (Å²) in [6.45, 7) is 6.20. The maximum Gasteiger partial charge on any atom is 0.261 e. The lowest BCUT2D eigenvalue weighted by Crippen LogP contribution is -2.60. The summed E-state index contributed by atoms with van der Waals surface area (Å²) in [6.07, 6.45) is 0.661. The third-order valence-electron chi connectivity index (χ3n) is 4.33. The standard InChI is InChI=1S/C14H19ClN2O3S/c1-5-14(3)13(18)17(6-2)12-9-10(21(15,19)20)7-8-11(12)16(14)4/h7-9H,5-6H2,1-4H3. The molecule has 2 rings (SSSR count). The maximum atomic E-state index is 12.7. The van der Waals surface area contributed by atoms with Gasteiger partial charge in [-0.25, -0.2) is 8.42 Å². The molecule has 7 heteroatoms. The molecule has 21 heavy (non-hydrogen) atoms. The smallest absolute Gasteiger partial charge is 0.261 e. The Balaban J connectivity index is 2.70. The van der Waals surface area contributed by atoms with E-state index < -0.39 is 14.6 Å². The molecule has 1 unspecified atom stereocenters. The first kappa shape index (κ1) is 16.1. The topological polar surface area (TPSA) is 57.7 Å². The number of benzene rings is 1. The predicted octanol–water partition coefficient (Wildman–Crippen LogP) is 2.59. The molecule has 0 saturated heterocycles. The Hall–Kier alpha value is -1.27. The number of amides is 1. The minimum Gasteiger partial charge on any atom is -0.359 e. The zero-order valence-corrected chi connectivity index (χ0v) is 14.1. The average molecular weight is 331 g/mol. The highest BCUT2D eigenvalue weighted by Crippen LogP contribution is 2.42. The zero-order chi connectivity index (χ0) is 16.0. The average Bonchev–Trinajstić information content (AvgIpc) is 2.44. The van der Waals surface area contributed by atoms with Gasteiger partial charge in [-0.3, -0.25) is 4.79 Å². The van der Waals surface area contributed by atoms with E-state index in [2.05, 4.69) is 0 Å². The SMILES string of the molecule is CCN1C(=O)C(C)(CC)N(C)c2ccc(S(=O)(=O)Cl)cc21. The van der Waals surface area contributed by atoms with E-state index in [-0.39, 0.29) is 10.8 Å². The number of nitrogens with zero attached hydrogens (tertiary/aromatic N) is 2. The van der Waals surface area contributed by atoms with Crippen LogP contribution in [0.3, 0.4) is 0 Å². The molecule has 0 aromatic heterocycles. The van der Waals surface area contributed by atoms with Crippen molar-refractivity contribution >= 4 is 37.0 Å². The lowest BCUT2D eigenvalue weighted by atomic mass is 9.90. The first-order valence-corrected chi connectivity index (χ1v) is 9.12. The molecule has 0 radical (unpaired) electrons. The molecule has 1 amide bonds. The molecule has 1 aromatic carbocycles. The van der Waals surface area contributed by atoms with Crippen molar-refractivity contribution in [3.8, 4) is 0 Å². The number of likely N-dealkylation sites (N-methyl/N-ethyl adjacent to an activating group) is 2. The van der Waals surface area contributed by atoms with E-state index in [9.17, 15) is 13.2 Å². The van der Waals surface area contributed by atoms with E-state index in [4.69, 9.17) is 10.7 Å². The zero-order valence-electron chi connectivity index (χ0n) is 12.6. The van der Waals surface area contributed by atoms with Gasteiger partial charge in [0.25, 0.3) is 15.0 Å². The number of carbonyl (C=O) groups is 1. The predicted molar refractivity (Wildman–Crippen MR) is 84.6 cm³/mol. The van der Waals surface area contributed by atoms with Crippen LogP contribution >= 0.6 is 10.7 Å². The Bertz CT molecular complexity index is 689. The summed E-state index contributed by atoms with van der Waals surface area (Å²) in [4.78, 5) is 16.3. The summed E-state index contributed by atoms with van der Waals surface area (Å²) in [6, 6.07) is 4.63. The molecule has 1 atom stereocenters. The quantitative estimate of drug-likeness (QED) is 0.799. The van der Waals surface area contributed by atoms with Crippen LogP contribution in [0.25, 0.3) is 0 Å². The number of rotatable bonds is 3. The van der Waals surface area contributed by atoms with Crippen molar-refractivity contribution < 1.29 is 13.2 Å². The van der Waals surface area contributed by atoms with Crippen molar-refractivity contribution in [2.24, 2.45) is 0 Å². The molecule has 0 bridgehead atoms. The Morgan fingerprint density at radius 1 is 1.24 bits per heavy atom. The molecule has 0 N–H and O–H groups in total. The Morgan fingerprint density at radius 3 is 2.33 bits per heavy atom. The van der Waals surface area contributed by atoms with Gasteiger partial charge in [0.15, 0.2) is 0 Å². The number of halogens is 1. The second kappa shape index (κ2) is 5.18. The molecule has 0 saturated carbocycles. The van der Waals surface area contributed by atoms with E-state index in [0.29, 0.717) is 18.7 Å². The summed E-state index contributed by atoms with van der Waals surface area (Å²) in [5.74, 6) is -0.0355. The van der Waals surface area contributed by atoms with Crippen molar-refractivity contribution in [2.75, 3.05) is 23.4 Å². The second-order valence-electron chi connectivity index (χ2n) is 5.32. The number of anilines is 2. The summed E-state index contributed by atoms with van der Waals surface area (Å²) in [5, 5.41) is 0. The van der Waals surface area contributed by atoms with Crippen molar-refractivity contribution in [2.45, 2.75) is 37.6 Å². The molecule has 116 valence electrons. The third-order valence-corrected chi connectivity index (χ3v) is 5.68. The first-order valence-electron chi connectivity index (χ1n) is 6.81. The Labute approximate surface area is 129 Å². The first-order chi connectivity index (χ1) is 9.66. The molecule has 1 aliphatic heterocycles. The highest BCUT2D eigenvalue weighted by atomic mass is 35.7. The summed E-state index contributed by atoms with van der Waals surface area (Å²) in [7, 11) is 3.43. The van der Waals surface area contributed by atoms with Crippen LogP contribution in [0.4, 0.5) is 11.4 Å². The third kappa shape index (κ3) is 2.40. The maximum absolute atomic E-state index is 12.7. The normalized spacial score (nSPS) is 22.4. The van der Waals surface area contributed by atoms with E-state index in [1.165, 1.54) is 12.1 Å².